The summed E-state index contributed by atoms with van der Waals surface area (Å²) >= 11 is 13.9. The van der Waals surface area contributed by atoms with E-state index in [1.54, 1.807) is 34.4 Å². The number of hydrogen-bond donors (Lipinski definition) is 2. The van der Waals surface area contributed by atoms with E-state index in [0.29, 0.717) is 41.2 Å². The molecule has 0 unspecified atom stereocenters. The van der Waals surface area contributed by atoms with E-state index in [9.17, 15) is 9.59 Å². The van der Waals surface area contributed by atoms with E-state index in [1.807, 2.05) is 29.0 Å². The summed E-state index contributed by atoms with van der Waals surface area (Å²) in [5.41, 5.74) is 3.48. The zero-order chi connectivity index (χ0) is 22.5. The number of nitrogens with one attached hydrogen (secondary N) is 2. The van der Waals surface area contributed by atoms with E-state index in [-0.39, 0.29) is 11.9 Å². The second-order valence-electron chi connectivity index (χ2n) is 7.77. The highest BCUT2D eigenvalue weighted by molar-refractivity contribution is 7.08. The average Bonchev–Trinajstić information content (AvgIpc) is 3.30. The molecule has 3 aromatic rings. The van der Waals surface area contributed by atoms with Crippen molar-refractivity contribution in [2.24, 2.45) is 0 Å². The van der Waals surface area contributed by atoms with Crippen LogP contribution in [0.5, 0.6) is 0 Å². The average molecular weight is 488 g/mol. The lowest BCUT2D eigenvalue weighted by atomic mass is 9.89. The number of likely N-dealkylation sites (tertiary alicyclic amines) is 1. The molecule has 166 valence electrons. The zero-order valence-electron chi connectivity index (χ0n) is 17.3. The maximum Gasteiger partial charge on any atom is 0.321 e. The van der Waals surface area contributed by atoms with E-state index in [1.165, 1.54) is 5.56 Å². The van der Waals surface area contributed by atoms with Crippen LogP contribution >= 0.6 is 34.5 Å². The smallest absolute Gasteiger partial charge is 0.321 e. The summed E-state index contributed by atoms with van der Waals surface area (Å²) < 4.78 is 0. The summed E-state index contributed by atoms with van der Waals surface area (Å²) in [5, 5.41) is 10.6. The molecule has 0 bridgehead atoms. The minimum atomic E-state index is -0.192. The van der Waals surface area contributed by atoms with Crippen LogP contribution < -0.4 is 10.6 Å². The van der Waals surface area contributed by atoms with Crippen LogP contribution in [0.2, 0.25) is 10.0 Å². The summed E-state index contributed by atoms with van der Waals surface area (Å²) in [6.45, 7) is 1.30. The Labute approximate surface area is 201 Å². The lowest BCUT2D eigenvalue weighted by Crippen LogP contribution is -2.40. The van der Waals surface area contributed by atoms with Gasteiger partial charge in [-0.15, -0.1) is 0 Å². The van der Waals surface area contributed by atoms with Crippen molar-refractivity contribution in [2.45, 2.75) is 25.2 Å². The lowest BCUT2D eigenvalue weighted by Gasteiger charge is -2.32. The fourth-order valence-corrected chi connectivity index (χ4v) is 5.00. The van der Waals surface area contributed by atoms with Crippen LogP contribution in [0.25, 0.3) is 0 Å². The maximum atomic E-state index is 12.6. The molecule has 32 heavy (non-hydrogen) atoms. The summed E-state index contributed by atoms with van der Waals surface area (Å²) in [6, 6.07) is 14.9. The molecule has 3 amide bonds. The monoisotopic (exact) mass is 487 g/mol. The Bertz CT molecular complexity index is 1060. The van der Waals surface area contributed by atoms with Gasteiger partial charge in [0.2, 0.25) is 5.91 Å². The normalized spacial score (nSPS) is 14.2. The molecule has 8 heteroatoms. The van der Waals surface area contributed by atoms with Gasteiger partial charge in [-0.1, -0.05) is 41.4 Å². The third kappa shape index (κ3) is 5.63. The molecule has 4 rings (SSSR count). The van der Waals surface area contributed by atoms with Crippen molar-refractivity contribution in [3.8, 4) is 0 Å². The molecule has 1 fully saturated rings. The third-order valence-electron chi connectivity index (χ3n) is 5.59. The molecule has 0 radical (unpaired) electrons. The van der Waals surface area contributed by atoms with Crippen molar-refractivity contribution in [2.75, 3.05) is 23.7 Å². The first-order chi connectivity index (χ1) is 15.5. The molecule has 1 aliphatic heterocycles. The summed E-state index contributed by atoms with van der Waals surface area (Å²) in [4.78, 5) is 26.6. The van der Waals surface area contributed by atoms with Crippen molar-refractivity contribution in [1.82, 2.24) is 4.90 Å². The van der Waals surface area contributed by atoms with Crippen molar-refractivity contribution < 1.29 is 9.59 Å². The number of amides is 3. The summed E-state index contributed by atoms with van der Waals surface area (Å²) in [7, 11) is 0. The first kappa shape index (κ1) is 22.6. The Morgan fingerprint density at radius 3 is 2.28 bits per heavy atom. The highest BCUT2D eigenvalue weighted by Crippen LogP contribution is 2.32. The fraction of sp³-hybridized carbons (Fsp3) is 0.250. The van der Waals surface area contributed by atoms with Gasteiger partial charge in [-0.25, -0.2) is 4.79 Å². The number of hydrogen-bond acceptors (Lipinski definition) is 3. The molecule has 2 N–H and O–H groups in total. The van der Waals surface area contributed by atoms with Gasteiger partial charge in [-0.05, 0) is 71.0 Å². The molecule has 1 saturated heterocycles. The molecule has 5 nitrogen and oxygen atoms in total. The van der Waals surface area contributed by atoms with E-state index < -0.39 is 0 Å². The Morgan fingerprint density at radius 1 is 0.969 bits per heavy atom. The van der Waals surface area contributed by atoms with Gasteiger partial charge in [-0.3, -0.25) is 4.79 Å². The number of piperidine rings is 1. The number of carbonyl (C=O) groups excluding carboxylic acids is 2. The Hall–Kier alpha value is -2.54. The van der Waals surface area contributed by atoms with E-state index in [0.717, 1.165) is 24.1 Å². The van der Waals surface area contributed by atoms with Crippen LogP contribution in [-0.4, -0.2) is 29.9 Å². The number of urea groups is 1. The van der Waals surface area contributed by atoms with Crippen LogP contribution in [0.15, 0.2) is 59.3 Å². The molecule has 1 aromatic heterocycles. The van der Waals surface area contributed by atoms with Gasteiger partial charge >= 0.3 is 6.03 Å². The Balaban J connectivity index is 1.28. The second kappa shape index (κ2) is 10.4. The SMILES string of the molecule is O=C(Cc1ccsc1)Nc1ccc(C2CCN(C(=O)Nc3c(Cl)cccc3Cl)CC2)cc1. The number of benzene rings is 2. The van der Waals surface area contributed by atoms with Gasteiger partial charge < -0.3 is 15.5 Å². The molecule has 0 spiro atoms. The molecule has 2 aromatic carbocycles. The van der Waals surface area contributed by atoms with Crippen LogP contribution in [0, 0.1) is 0 Å². The van der Waals surface area contributed by atoms with Gasteiger partial charge in [0.1, 0.15) is 0 Å². The van der Waals surface area contributed by atoms with Crippen LogP contribution in [0.4, 0.5) is 16.2 Å². The second-order valence-corrected chi connectivity index (χ2v) is 9.36. The molecular formula is C24H23Cl2N3O2S. The van der Waals surface area contributed by atoms with Crippen molar-refractivity contribution in [3.05, 3.63) is 80.5 Å². The number of carbonyl (C=O) groups is 2. The molecular weight excluding hydrogens is 465 g/mol. The molecule has 0 aliphatic carbocycles. The number of halogens is 2. The molecule has 2 heterocycles. The summed E-state index contributed by atoms with van der Waals surface area (Å²) in [5.74, 6) is 0.354. The highest BCUT2D eigenvalue weighted by Gasteiger charge is 2.24. The van der Waals surface area contributed by atoms with Crippen LogP contribution in [0.1, 0.15) is 29.9 Å². The largest absolute Gasteiger partial charge is 0.326 e. The predicted molar refractivity (Wildman–Crippen MR) is 132 cm³/mol. The molecule has 1 aliphatic rings. The topological polar surface area (TPSA) is 61.4 Å². The van der Waals surface area contributed by atoms with E-state index >= 15 is 0 Å². The zero-order valence-corrected chi connectivity index (χ0v) is 19.6. The first-order valence-electron chi connectivity index (χ1n) is 10.4. The van der Waals surface area contributed by atoms with Gasteiger partial charge in [0.15, 0.2) is 0 Å². The lowest BCUT2D eigenvalue weighted by molar-refractivity contribution is -0.115. The number of rotatable bonds is 5. The number of anilines is 2. The van der Waals surface area contributed by atoms with Crippen LogP contribution in [0.3, 0.4) is 0 Å². The minimum Gasteiger partial charge on any atom is -0.326 e. The number of para-hydroxylation sites is 1. The molecule has 0 saturated carbocycles. The van der Waals surface area contributed by atoms with Gasteiger partial charge in [-0.2, -0.15) is 11.3 Å². The minimum absolute atomic E-state index is 0.0194. The maximum absolute atomic E-state index is 12.6. The number of thiophene rings is 1. The quantitative estimate of drug-likeness (QED) is 0.423. The summed E-state index contributed by atoms with van der Waals surface area (Å²) in [6.07, 6.45) is 2.12. The molecule has 0 atom stereocenters. The van der Waals surface area contributed by atoms with Gasteiger partial charge in [0.25, 0.3) is 0 Å². The van der Waals surface area contributed by atoms with Crippen molar-refractivity contribution in [3.63, 3.8) is 0 Å². The standard InChI is InChI=1S/C24H23Cl2N3O2S/c25-20-2-1-3-21(26)23(20)28-24(31)29-11-8-18(9-12-29)17-4-6-19(7-5-17)27-22(30)14-16-10-13-32-15-16/h1-7,10,13,15,18H,8-9,11-12,14H2,(H,27,30)(H,28,31). The Kier molecular flexibility index (Phi) is 7.35. The highest BCUT2D eigenvalue weighted by atomic mass is 35.5. The van der Waals surface area contributed by atoms with Gasteiger partial charge in [0, 0.05) is 18.8 Å². The van der Waals surface area contributed by atoms with E-state index in [4.69, 9.17) is 23.2 Å². The van der Waals surface area contributed by atoms with Crippen molar-refractivity contribution in [1.29, 1.82) is 0 Å². The van der Waals surface area contributed by atoms with Crippen molar-refractivity contribution >= 4 is 57.9 Å². The van der Waals surface area contributed by atoms with Gasteiger partial charge in [0.05, 0.1) is 22.2 Å². The third-order valence-corrected chi connectivity index (χ3v) is 6.95. The van der Waals surface area contributed by atoms with Crippen LogP contribution in [-0.2, 0) is 11.2 Å². The predicted octanol–water partition coefficient (Wildman–Crippen LogP) is 6.65. The number of nitrogens with zero attached hydrogens (tertiary/aromatic N) is 1. The van der Waals surface area contributed by atoms with E-state index in [2.05, 4.69) is 22.8 Å². The first-order valence-corrected chi connectivity index (χ1v) is 12.1. The Morgan fingerprint density at radius 2 is 1.66 bits per heavy atom. The fourth-order valence-electron chi connectivity index (χ4n) is 3.84.